The van der Waals surface area contributed by atoms with Crippen LogP contribution in [0.15, 0.2) is 54.0 Å². The number of sulfone groups is 1. The van der Waals surface area contributed by atoms with Gasteiger partial charge in [0.1, 0.15) is 0 Å². The van der Waals surface area contributed by atoms with Crippen molar-refractivity contribution in [2.75, 3.05) is 50.9 Å². The van der Waals surface area contributed by atoms with E-state index < -0.39 is 15.3 Å². The first kappa shape index (κ1) is 44.1. The number of fused-ring (bicyclic) bond motifs is 7. The van der Waals surface area contributed by atoms with Crippen molar-refractivity contribution in [3.63, 3.8) is 0 Å². The number of carbonyl (C=O) groups excluding carboxylic acids is 1. The zero-order chi connectivity index (χ0) is 42.8. The second kappa shape index (κ2) is 16.2. The number of esters is 1. The van der Waals surface area contributed by atoms with Gasteiger partial charge in [-0.3, -0.25) is 9.78 Å². The maximum Gasteiger partial charge on any atom is 0.312 e. The molecule has 1 N–H and O–H groups in total. The quantitative estimate of drug-likeness (QED) is 0.163. The molecule has 2 heterocycles. The van der Waals surface area contributed by atoms with Crippen molar-refractivity contribution in [2.24, 2.45) is 56.7 Å². The van der Waals surface area contributed by atoms with Crippen LogP contribution in [0.3, 0.4) is 0 Å². The maximum absolute atomic E-state index is 13.6. The number of rotatable bonds is 12. The van der Waals surface area contributed by atoms with Gasteiger partial charge in [-0.15, -0.1) is 0 Å². The van der Waals surface area contributed by atoms with Crippen molar-refractivity contribution in [1.82, 2.24) is 20.2 Å². The van der Waals surface area contributed by atoms with E-state index >= 15 is 0 Å². The molecule has 0 spiro atoms. The first-order chi connectivity index (χ1) is 28.4. The molecular formula is C50H76N4O5S. The normalized spacial score (nSPS) is 40.8. The second-order valence-corrected chi connectivity index (χ2v) is 24.2. The Balaban J connectivity index is 1.00. The summed E-state index contributed by atoms with van der Waals surface area (Å²) in [7, 11) is -2.87. The van der Waals surface area contributed by atoms with Crippen molar-refractivity contribution in [2.45, 2.75) is 137 Å². The standard InChI is InChI=1S/C50H76N4O5S/c1-9-58-44(55)49(24-31-59-42-34-51-25-26-52-42)19-12-36(13-20-49)38-15-17-46(6)40(45(38,4)5)16-18-48(8)41(46)11-10-39-43-37(35(2)3)14-21-50(43,23-22-47(39,48)7)53-27-28-54-29-32-60(56,57)33-30-54/h12,15,25-26,34,37,39-41,43,53H,2,9-11,13-14,16-24,27-33H2,1,3-8H3/t37-,39+,40-,41+,43+,46-,47+,48+,49+,50-/m0/s1. The monoisotopic (exact) mass is 845 g/mol. The SMILES string of the molecule is C=C(C)[C@@H]1CC[C@]2(NCCN3CCS(=O)(=O)CC3)CC[C@]3(C)[C@H](CC[C@@H]4[C@@]5(C)CC=C(C6=CC[C@@](CCOc7cnccn7)(C(=O)OCC)CC6)C(C)(C)[C@@H]5CC[C@]43C)[C@@H]12. The second-order valence-electron chi connectivity index (χ2n) is 21.9. The van der Waals surface area contributed by atoms with Gasteiger partial charge in [0.05, 0.1) is 36.3 Å². The number of carbonyl (C=O) groups is 1. The molecule has 0 radical (unpaired) electrons. The van der Waals surface area contributed by atoms with Gasteiger partial charge in [0.25, 0.3) is 0 Å². The van der Waals surface area contributed by atoms with Crippen LogP contribution in [0.2, 0.25) is 0 Å². The van der Waals surface area contributed by atoms with Crippen LogP contribution in [0.5, 0.6) is 5.88 Å². The van der Waals surface area contributed by atoms with Crippen molar-refractivity contribution in [3.05, 3.63) is 54.0 Å². The summed E-state index contributed by atoms with van der Waals surface area (Å²) >= 11 is 0. The summed E-state index contributed by atoms with van der Waals surface area (Å²) in [5.74, 6) is 4.08. The van der Waals surface area contributed by atoms with Gasteiger partial charge < -0.3 is 19.7 Å². The van der Waals surface area contributed by atoms with Crippen LogP contribution in [0.1, 0.15) is 132 Å². The largest absolute Gasteiger partial charge is 0.477 e. The highest BCUT2D eigenvalue weighted by Crippen LogP contribution is 2.76. The molecule has 0 bridgehead atoms. The van der Waals surface area contributed by atoms with Crippen LogP contribution in [-0.2, 0) is 19.4 Å². The summed E-state index contributed by atoms with van der Waals surface area (Å²) in [6.45, 7) is 26.0. The van der Waals surface area contributed by atoms with Crippen LogP contribution in [0, 0.1) is 56.7 Å². The van der Waals surface area contributed by atoms with E-state index in [-0.39, 0.29) is 33.2 Å². The Kier molecular flexibility index (Phi) is 11.9. The Bertz CT molecular complexity index is 1950. The first-order valence-electron chi connectivity index (χ1n) is 23.7. The molecule has 0 unspecified atom stereocenters. The predicted molar refractivity (Wildman–Crippen MR) is 239 cm³/mol. The van der Waals surface area contributed by atoms with Crippen LogP contribution in [-0.4, -0.2) is 85.7 Å². The molecule has 1 aromatic heterocycles. The molecular weight excluding hydrogens is 769 g/mol. The van der Waals surface area contributed by atoms with Crippen molar-refractivity contribution < 1.29 is 22.7 Å². The molecule has 8 rings (SSSR count). The molecule has 1 aromatic rings. The molecule has 6 aliphatic carbocycles. The van der Waals surface area contributed by atoms with E-state index in [0.29, 0.717) is 86.1 Å². The van der Waals surface area contributed by atoms with E-state index in [1.54, 1.807) is 18.6 Å². The smallest absolute Gasteiger partial charge is 0.312 e. The number of hydrogen-bond donors (Lipinski definition) is 1. The van der Waals surface area contributed by atoms with Gasteiger partial charge in [0.2, 0.25) is 5.88 Å². The summed E-state index contributed by atoms with van der Waals surface area (Å²) < 4.78 is 35.9. The van der Waals surface area contributed by atoms with Crippen LogP contribution in [0.4, 0.5) is 0 Å². The van der Waals surface area contributed by atoms with E-state index in [1.807, 2.05) is 6.92 Å². The van der Waals surface area contributed by atoms with Gasteiger partial charge in [-0.2, -0.15) is 0 Å². The van der Waals surface area contributed by atoms with Gasteiger partial charge >= 0.3 is 5.97 Å². The summed E-state index contributed by atoms with van der Waals surface area (Å²) in [5, 5.41) is 4.24. The zero-order valence-corrected chi connectivity index (χ0v) is 38.9. The number of allylic oxidation sites excluding steroid dienone is 5. The van der Waals surface area contributed by atoms with Crippen LogP contribution >= 0.6 is 0 Å². The Morgan fingerprint density at radius 3 is 2.40 bits per heavy atom. The highest BCUT2D eigenvalue weighted by molar-refractivity contribution is 7.91. The van der Waals surface area contributed by atoms with Gasteiger partial charge in [-0.1, -0.05) is 58.9 Å². The van der Waals surface area contributed by atoms with E-state index in [9.17, 15) is 13.2 Å². The van der Waals surface area contributed by atoms with Crippen LogP contribution < -0.4 is 10.1 Å². The van der Waals surface area contributed by atoms with Crippen molar-refractivity contribution in [1.29, 1.82) is 0 Å². The molecule has 0 amide bonds. The number of ether oxygens (including phenoxy) is 2. The van der Waals surface area contributed by atoms with Crippen molar-refractivity contribution in [3.8, 4) is 5.88 Å². The molecule has 1 aliphatic heterocycles. The third-order valence-electron chi connectivity index (χ3n) is 19.0. The Morgan fingerprint density at radius 1 is 0.933 bits per heavy atom. The summed E-state index contributed by atoms with van der Waals surface area (Å²) in [6, 6.07) is 0. The van der Waals surface area contributed by atoms with Gasteiger partial charge in [-0.05, 0) is 160 Å². The van der Waals surface area contributed by atoms with Crippen molar-refractivity contribution >= 4 is 15.8 Å². The van der Waals surface area contributed by atoms with E-state index in [4.69, 9.17) is 9.47 Å². The molecule has 7 aliphatic rings. The topological polar surface area (TPSA) is 111 Å². The number of hydrogen-bond acceptors (Lipinski definition) is 9. The third kappa shape index (κ3) is 7.36. The Labute approximate surface area is 362 Å². The lowest BCUT2D eigenvalue weighted by molar-refractivity contribution is -0.221. The lowest BCUT2D eigenvalue weighted by Gasteiger charge is -2.72. The van der Waals surface area contributed by atoms with E-state index in [0.717, 1.165) is 32.4 Å². The summed E-state index contributed by atoms with van der Waals surface area (Å²) in [5.41, 5.74) is 4.70. The fourth-order valence-corrected chi connectivity index (χ4v) is 17.0. The molecule has 0 aromatic carbocycles. The number of nitrogens with zero attached hydrogens (tertiary/aromatic N) is 3. The fourth-order valence-electron chi connectivity index (χ4n) is 15.7. The molecule has 10 heteroatoms. The minimum Gasteiger partial charge on any atom is -0.477 e. The van der Waals surface area contributed by atoms with E-state index in [1.165, 1.54) is 68.1 Å². The lowest BCUT2D eigenvalue weighted by Crippen LogP contribution is -2.68. The maximum atomic E-state index is 13.6. The van der Waals surface area contributed by atoms with Gasteiger partial charge in [0, 0.05) is 44.1 Å². The average Bonchev–Trinajstić information content (AvgIpc) is 3.60. The molecule has 332 valence electrons. The average molecular weight is 845 g/mol. The molecule has 5 fully saturated rings. The first-order valence-corrected chi connectivity index (χ1v) is 25.6. The lowest BCUT2D eigenvalue weighted by atomic mass is 9.33. The Morgan fingerprint density at radius 2 is 1.72 bits per heavy atom. The Hall–Kier alpha value is -2.56. The highest BCUT2D eigenvalue weighted by Gasteiger charge is 2.70. The predicted octanol–water partition coefficient (Wildman–Crippen LogP) is 9.17. The van der Waals surface area contributed by atoms with Crippen LogP contribution in [0.25, 0.3) is 0 Å². The molecule has 60 heavy (non-hydrogen) atoms. The third-order valence-corrected chi connectivity index (χ3v) is 20.6. The van der Waals surface area contributed by atoms with Gasteiger partial charge in [-0.25, -0.2) is 13.4 Å². The molecule has 4 saturated carbocycles. The number of nitrogens with one attached hydrogen (secondary N) is 1. The minimum absolute atomic E-state index is 0.0393. The molecule has 10 atom stereocenters. The molecule has 9 nitrogen and oxygen atoms in total. The fraction of sp³-hybridized carbons (Fsp3) is 0.780. The summed E-state index contributed by atoms with van der Waals surface area (Å²) in [6.07, 6.45) is 24.1. The van der Waals surface area contributed by atoms with E-state index in [2.05, 4.69) is 80.5 Å². The molecule has 1 saturated heterocycles. The summed E-state index contributed by atoms with van der Waals surface area (Å²) in [4.78, 5) is 24.3. The van der Waals surface area contributed by atoms with Gasteiger partial charge in [0.15, 0.2) is 9.84 Å². The minimum atomic E-state index is -2.87. The number of aromatic nitrogens is 2. The highest BCUT2D eigenvalue weighted by atomic mass is 32.2. The zero-order valence-electron chi connectivity index (χ0n) is 38.1.